The molecule has 2 atom stereocenters. The van der Waals surface area contributed by atoms with Crippen LogP contribution in [0.4, 0.5) is 21.0 Å². The molecule has 2 amide bonds. The molecule has 0 bridgehead atoms. The van der Waals surface area contributed by atoms with Gasteiger partial charge in [-0.2, -0.15) is 0 Å². The highest BCUT2D eigenvalue weighted by Crippen LogP contribution is 2.37. The molecule has 0 aliphatic carbocycles. The van der Waals surface area contributed by atoms with Crippen molar-refractivity contribution in [3.8, 4) is 0 Å². The van der Waals surface area contributed by atoms with Gasteiger partial charge in [-0.05, 0) is 48.2 Å². The maximum Gasteiger partial charge on any atom is 0.414 e. The third-order valence-electron chi connectivity index (χ3n) is 5.28. The van der Waals surface area contributed by atoms with Crippen LogP contribution >= 0.6 is 0 Å². The number of carbonyl (C=O) groups is 2. The fourth-order valence-electron chi connectivity index (χ4n) is 3.88. The summed E-state index contributed by atoms with van der Waals surface area (Å²) in [6.45, 7) is 2.46. The second-order valence-electron chi connectivity index (χ2n) is 7.29. The number of hydrogen-bond donors (Lipinski definition) is 0. The first kappa shape index (κ1) is 19.6. The average molecular weight is 407 g/mol. The van der Waals surface area contributed by atoms with E-state index >= 15 is 0 Å². The highest BCUT2D eigenvalue weighted by molar-refractivity contribution is 5.94. The van der Waals surface area contributed by atoms with Gasteiger partial charge in [0.25, 0.3) is 0 Å². The summed E-state index contributed by atoms with van der Waals surface area (Å²) in [6, 6.07) is 14.6. The molecule has 0 N–H and O–H groups in total. The van der Waals surface area contributed by atoms with Crippen LogP contribution in [-0.2, 0) is 22.5 Å². The minimum absolute atomic E-state index is 0.0666. The van der Waals surface area contributed by atoms with E-state index in [9.17, 15) is 9.59 Å². The Hall–Kier alpha value is -3.71. The number of azide groups is 1. The fourth-order valence-corrected chi connectivity index (χ4v) is 3.88. The minimum atomic E-state index is -0.474. The molecule has 154 valence electrons. The molecular formula is C21H21N5O4. The second-order valence-corrected chi connectivity index (χ2v) is 7.29. The highest BCUT2D eigenvalue weighted by atomic mass is 16.6. The fraction of sp³-hybridized carbons (Fsp3) is 0.333. The van der Waals surface area contributed by atoms with Crippen LogP contribution in [-0.4, -0.2) is 37.4 Å². The van der Waals surface area contributed by atoms with E-state index in [4.69, 9.17) is 15.0 Å². The number of hydrogen-bond acceptors (Lipinski definition) is 5. The van der Waals surface area contributed by atoms with E-state index in [1.165, 1.54) is 4.90 Å². The predicted molar refractivity (Wildman–Crippen MR) is 110 cm³/mol. The van der Waals surface area contributed by atoms with Crippen molar-refractivity contribution in [2.24, 2.45) is 5.11 Å². The van der Waals surface area contributed by atoms with E-state index < -0.39 is 12.2 Å². The maximum atomic E-state index is 12.7. The molecule has 1 unspecified atom stereocenters. The average Bonchev–Trinajstić information content (AvgIpc) is 3.29. The number of carbonyl (C=O) groups excluding carboxylic acids is 2. The van der Waals surface area contributed by atoms with Crippen molar-refractivity contribution in [1.29, 1.82) is 0 Å². The molecule has 30 heavy (non-hydrogen) atoms. The lowest BCUT2D eigenvalue weighted by molar-refractivity contribution is 0.145. The predicted octanol–water partition coefficient (Wildman–Crippen LogP) is 4.41. The molecule has 1 saturated heterocycles. The van der Waals surface area contributed by atoms with Crippen LogP contribution in [0.3, 0.4) is 0 Å². The van der Waals surface area contributed by atoms with Crippen molar-refractivity contribution < 1.29 is 19.1 Å². The first-order valence-electron chi connectivity index (χ1n) is 9.68. The molecule has 2 aliphatic rings. The zero-order chi connectivity index (χ0) is 21.1. The summed E-state index contributed by atoms with van der Waals surface area (Å²) in [5, 5.41) is 3.57. The first-order chi connectivity index (χ1) is 14.6. The van der Waals surface area contributed by atoms with Gasteiger partial charge in [-0.15, -0.1) is 0 Å². The molecule has 1 fully saturated rings. The Bertz CT molecular complexity index is 1010. The Kier molecular flexibility index (Phi) is 5.45. The van der Waals surface area contributed by atoms with Gasteiger partial charge in [0.1, 0.15) is 13.2 Å². The zero-order valence-electron chi connectivity index (χ0n) is 16.5. The van der Waals surface area contributed by atoms with Crippen LogP contribution in [0.1, 0.15) is 18.1 Å². The van der Waals surface area contributed by atoms with E-state index in [1.54, 1.807) is 11.0 Å². The number of cyclic esters (lactones) is 1. The Morgan fingerprint density at radius 1 is 1.30 bits per heavy atom. The Balaban J connectivity index is 1.52. The molecule has 9 nitrogen and oxygen atoms in total. The topological polar surface area (TPSA) is 108 Å². The van der Waals surface area contributed by atoms with Gasteiger partial charge in [0.05, 0.1) is 18.3 Å². The highest BCUT2D eigenvalue weighted by Gasteiger charge is 2.36. The van der Waals surface area contributed by atoms with E-state index in [0.29, 0.717) is 12.1 Å². The van der Waals surface area contributed by atoms with Crippen molar-refractivity contribution in [3.63, 3.8) is 0 Å². The van der Waals surface area contributed by atoms with Gasteiger partial charge in [0, 0.05) is 16.6 Å². The van der Waals surface area contributed by atoms with Crippen LogP contribution in [0.15, 0.2) is 53.6 Å². The molecule has 4 rings (SSSR count). The Morgan fingerprint density at radius 3 is 2.87 bits per heavy atom. The number of nitrogens with zero attached hydrogens (tertiary/aromatic N) is 5. The van der Waals surface area contributed by atoms with Gasteiger partial charge in [-0.25, -0.2) is 9.59 Å². The van der Waals surface area contributed by atoms with Crippen molar-refractivity contribution >= 4 is 23.6 Å². The number of ether oxygens (including phenoxy) is 2. The van der Waals surface area contributed by atoms with Crippen LogP contribution in [0.5, 0.6) is 0 Å². The van der Waals surface area contributed by atoms with Crippen molar-refractivity contribution in [3.05, 3.63) is 70.1 Å². The van der Waals surface area contributed by atoms with Gasteiger partial charge in [-0.3, -0.25) is 9.80 Å². The second kappa shape index (κ2) is 8.34. The molecule has 0 spiro atoms. The number of rotatable bonds is 5. The molecule has 2 aromatic carbocycles. The molecule has 0 aromatic heterocycles. The summed E-state index contributed by atoms with van der Waals surface area (Å²) in [5.41, 5.74) is 11.9. The van der Waals surface area contributed by atoms with Gasteiger partial charge in [-0.1, -0.05) is 35.4 Å². The van der Waals surface area contributed by atoms with E-state index in [2.05, 4.69) is 10.0 Å². The lowest BCUT2D eigenvalue weighted by Gasteiger charge is -2.23. The summed E-state index contributed by atoms with van der Waals surface area (Å²) < 4.78 is 10.6. The number of fused-ring (bicyclic) bond motifs is 1. The van der Waals surface area contributed by atoms with Crippen LogP contribution < -0.4 is 9.80 Å². The quantitative estimate of drug-likeness (QED) is 0.415. The van der Waals surface area contributed by atoms with E-state index in [1.807, 2.05) is 49.4 Å². The third kappa shape index (κ3) is 3.75. The van der Waals surface area contributed by atoms with Gasteiger partial charge in [0.2, 0.25) is 0 Å². The maximum absolute atomic E-state index is 12.7. The monoisotopic (exact) mass is 407 g/mol. The summed E-state index contributed by atoms with van der Waals surface area (Å²) in [4.78, 5) is 30.8. The SMILES string of the molecule is C[C@@H]1Cc2cc(N3C(=O)OCC3CN=[N+]=[N-])ccc2N1C(=O)OCc1ccccc1. The van der Waals surface area contributed by atoms with Crippen molar-refractivity contribution in [2.45, 2.75) is 32.0 Å². The molecule has 2 aromatic rings. The summed E-state index contributed by atoms with van der Waals surface area (Å²) in [7, 11) is 0. The molecule has 0 saturated carbocycles. The smallest absolute Gasteiger partial charge is 0.414 e. The summed E-state index contributed by atoms with van der Waals surface area (Å²) in [6.07, 6.45) is -0.231. The summed E-state index contributed by atoms with van der Waals surface area (Å²) >= 11 is 0. The first-order valence-corrected chi connectivity index (χ1v) is 9.68. The normalized spacial score (nSPS) is 19.8. The van der Waals surface area contributed by atoms with Crippen molar-refractivity contribution in [2.75, 3.05) is 23.0 Å². The van der Waals surface area contributed by atoms with E-state index in [0.717, 1.165) is 16.8 Å². The number of benzene rings is 2. The molecule has 2 heterocycles. The zero-order valence-corrected chi connectivity index (χ0v) is 16.5. The molecule has 2 aliphatic heterocycles. The Labute approximate surface area is 173 Å². The minimum Gasteiger partial charge on any atom is -0.447 e. The lowest BCUT2D eigenvalue weighted by atomic mass is 10.1. The molecule has 0 radical (unpaired) electrons. The lowest BCUT2D eigenvalue weighted by Crippen LogP contribution is -2.36. The third-order valence-corrected chi connectivity index (χ3v) is 5.28. The van der Waals surface area contributed by atoms with Gasteiger partial charge >= 0.3 is 12.2 Å². The van der Waals surface area contributed by atoms with Gasteiger partial charge < -0.3 is 9.47 Å². The van der Waals surface area contributed by atoms with E-state index in [-0.39, 0.29) is 31.8 Å². The van der Waals surface area contributed by atoms with Crippen LogP contribution in [0.25, 0.3) is 10.4 Å². The van der Waals surface area contributed by atoms with Gasteiger partial charge in [0.15, 0.2) is 0 Å². The standard InChI is InChI=1S/C21H21N5O4/c1-14-9-16-10-17(26-18(11-23-24-22)13-30-21(26)28)7-8-19(16)25(14)20(27)29-12-15-5-3-2-4-6-15/h2-8,10,14,18H,9,11-13H2,1H3/t14-,18?/m1/s1. The van der Waals surface area contributed by atoms with Crippen molar-refractivity contribution in [1.82, 2.24) is 0 Å². The number of amides is 2. The number of anilines is 2. The molecular weight excluding hydrogens is 386 g/mol. The van der Waals surface area contributed by atoms with Crippen LogP contribution in [0.2, 0.25) is 0 Å². The molecule has 9 heteroatoms. The largest absolute Gasteiger partial charge is 0.447 e. The Morgan fingerprint density at radius 2 is 2.10 bits per heavy atom. The summed E-state index contributed by atoms with van der Waals surface area (Å²) in [5.74, 6) is 0. The van der Waals surface area contributed by atoms with Crippen LogP contribution in [0, 0.1) is 0 Å².